The first-order valence-electron chi connectivity index (χ1n) is 10.5. The molecule has 0 spiro atoms. The fourth-order valence-corrected chi connectivity index (χ4v) is 3.75. The van der Waals surface area contributed by atoms with Gasteiger partial charge in [-0.2, -0.15) is 4.98 Å². The van der Waals surface area contributed by atoms with Crippen LogP contribution in [-0.4, -0.2) is 41.0 Å². The summed E-state index contributed by atoms with van der Waals surface area (Å²) in [5.74, 6) is 2.32. The Bertz CT molecular complexity index is 1650. The summed E-state index contributed by atoms with van der Waals surface area (Å²) in [5, 5.41) is 4.38. The van der Waals surface area contributed by atoms with E-state index in [9.17, 15) is 9.59 Å². The van der Waals surface area contributed by atoms with Crippen LogP contribution in [-0.2, 0) is 0 Å². The Morgan fingerprint density at radius 1 is 0.829 bits per heavy atom. The fraction of sp³-hybridized carbons (Fsp3) is 0.120. The van der Waals surface area contributed by atoms with E-state index in [4.69, 9.17) is 18.7 Å². The monoisotopic (exact) mass is 472 g/mol. The van der Waals surface area contributed by atoms with Gasteiger partial charge in [-0.25, -0.2) is 9.36 Å². The number of aromatic amines is 1. The van der Waals surface area contributed by atoms with Crippen molar-refractivity contribution in [2.45, 2.75) is 0 Å². The maximum Gasteiger partial charge on any atom is 0.333 e. The lowest BCUT2D eigenvalue weighted by Gasteiger charge is -2.08. The van der Waals surface area contributed by atoms with Gasteiger partial charge in [0.05, 0.1) is 37.9 Å². The van der Waals surface area contributed by atoms with E-state index < -0.39 is 11.2 Å². The largest absolute Gasteiger partial charge is 0.497 e. The molecule has 0 amide bonds. The summed E-state index contributed by atoms with van der Waals surface area (Å²) < 4.78 is 22.2. The quantitative estimate of drug-likeness (QED) is 0.399. The SMILES string of the molecule is COc1ccc(-n2c(=O)[nH]c3cc(-c4nc(-c5ccc(OC)c(OC)c5)no4)ccc3c2=O)cc1. The molecule has 0 bridgehead atoms. The van der Waals surface area contributed by atoms with Gasteiger partial charge in [0.25, 0.3) is 11.4 Å². The average Bonchev–Trinajstić information content (AvgIpc) is 3.39. The minimum absolute atomic E-state index is 0.233. The highest BCUT2D eigenvalue weighted by Gasteiger charge is 2.16. The third-order valence-electron chi connectivity index (χ3n) is 5.54. The number of H-pyrrole nitrogens is 1. The molecule has 0 saturated carbocycles. The second-order valence-corrected chi connectivity index (χ2v) is 7.52. The molecule has 0 aliphatic carbocycles. The number of aromatic nitrogens is 4. The van der Waals surface area contributed by atoms with Crippen molar-refractivity contribution in [1.82, 2.24) is 19.7 Å². The molecule has 5 rings (SSSR count). The van der Waals surface area contributed by atoms with Crippen LogP contribution in [0.1, 0.15) is 0 Å². The van der Waals surface area contributed by atoms with Crippen molar-refractivity contribution in [2.24, 2.45) is 0 Å². The van der Waals surface area contributed by atoms with Crippen LogP contribution < -0.4 is 25.5 Å². The van der Waals surface area contributed by atoms with Gasteiger partial charge in [0.1, 0.15) is 5.75 Å². The summed E-state index contributed by atoms with van der Waals surface area (Å²) in [5.41, 5.74) is 0.995. The van der Waals surface area contributed by atoms with Crippen LogP contribution in [0.4, 0.5) is 0 Å². The lowest BCUT2D eigenvalue weighted by molar-refractivity contribution is 0.355. The molecule has 5 aromatic rings. The van der Waals surface area contributed by atoms with Gasteiger partial charge in [0.15, 0.2) is 11.5 Å². The standard InChI is InChI=1S/C25H20N4O6/c1-32-17-8-6-16(7-9-17)29-24(30)18-10-4-15(12-19(18)26-25(29)31)23-27-22(28-35-23)14-5-11-20(33-2)21(13-14)34-3/h4-13H,1-3H3,(H,26,31). The highest BCUT2D eigenvalue weighted by molar-refractivity contribution is 5.82. The number of hydrogen-bond acceptors (Lipinski definition) is 8. The highest BCUT2D eigenvalue weighted by atomic mass is 16.5. The molecular weight excluding hydrogens is 452 g/mol. The van der Waals surface area contributed by atoms with Crippen LogP contribution in [0.2, 0.25) is 0 Å². The van der Waals surface area contributed by atoms with E-state index >= 15 is 0 Å². The fourth-order valence-electron chi connectivity index (χ4n) is 3.75. The van der Waals surface area contributed by atoms with Crippen LogP contribution in [0.5, 0.6) is 17.2 Å². The van der Waals surface area contributed by atoms with Crippen molar-refractivity contribution in [1.29, 1.82) is 0 Å². The topological polar surface area (TPSA) is 121 Å². The summed E-state index contributed by atoms with van der Waals surface area (Å²) in [6.45, 7) is 0. The molecule has 3 aromatic carbocycles. The van der Waals surface area contributed by atoms with Crippen LogP contribution in [0.15, 0.2) is 74.8 Å². The third kappa shape index (κ3) is 3.90. The maximum absolute atomic E-state index is 13.1. The smallest absolute Gasteiger partial charge is 0.333 e. The van der Waals surface area contributed by atoms with Crippen LogP contribution in [0, 0.1) is 0 Å². The third-order valence-corrected chi connectivity index (χ3v) is 5.54. The van der Waals surface area contributed by atoms with E-state index in [-0.39, 0.29) is 5.89 Å². The lowest BCUT2D eigenvalue weighted by atomic mass is 10.1. The summed E-state index contributed by atoms with van der Waals surface area (Å²) in [6, 6.07) is 16.9. The second-order valence-electron chi connectivity index (χ2n) is 7.52. The van der Waals surface area contributed by atoms with Crippen molar-refractivity contribution in [3.8, 4) is 45.8 Å². The number of rotatable bonds is 6. The molecule has 10 heteroatoms. The predicted octanol–water partition coefficient (Wildman–Crippen LogP) is 3.42. The van der Waals surface area contributed by atoms with Crippen LogP contribution in [0.3, 0.4) is 0 Å². The molecule has 0 aliphatic rings. The van der Waals surface area contributed by atoms with Gasteiger partial charge >= 0.3 is 5.69 Å². The average molecular weight is 472 g/mol. The van der Waals surface area contributed by atoms with Crippen molar-refractivity contribution >= 4 is 10.9 Å². The zero-order valence-electron chi connectivity index (χ0n) is 19.1. The highest BCUT2D eigenvalue weighted by Crippen LogP contribution is 2.32. The Balaban J connectivity index is 1.53. The molecule has 35 heavy (non-hydrogen) atoms. The minimum Gasteiger partial charge on any atom is -0.497 e. The molecule has 0 unspecified atom stereocenters. The zero-order valence-corrected chi connectivity index (χ0v) is 19.1. The number of nitrogens with zero attached hydrogens (tertiary/aromatic N) is 3. The van der Waals surface area contributed by atoms with Gasteiger partial charge in [-0.1, -0.05) is 5.16 Å². The Morgan fingerprint density at radius 2 is 1.57 bits per heavy atom. The van der Waals surface area contributed by atoms with E-state index in [2.05, 4.69) is 15.1 Å². The molecule has 176 valence electrons. The number of fused-ring (bicyclic) bond motifs is 1. The van der Waals surface area contributed by atoms with Gasteiger partial charge in [-0.3, -0.25) is 4.79 Å². The molecule has 1 N–H and O–H groups in total. The number of nitrogens with one attached hydrogen (secondary N) is 1. The normalized spacial score (nSPS) is 10.9. The lowest BCUT2D eigenvalue weighted by Crippen LogP contribution is -2.33. The first kappa shape index (κ1) is 22.0. The molecule has 2 heterocycles. The van der Waals surface area contributed by atoms with Gasteiger partial charge in [-0.05, 0) is 60.7 Å². The van der Waals surface area contributed by atoms with E-state index in [1.165, 1.54) is 0 Å². The Hall–Kier alpha value is -4.86. The van der Waals surface area contributed by atoms with E-state index in [0.29, 0.717) is 50.8 Å². The van der Waals surface area contributed by atoms with Crippen molar-refractivity contribution in [2.75, 3.05) is 21.3 Å². The second kappa shape index (κ2) is 8.82. The number of benzene rings is 3. The Kier molecular flexibility index (Phi) is 5.54. The zero-order chi connectivity index (χ0) is 24.5. The first-order chi connectivity index (χ1) is 17.0. The van der Waals surface area contributed by atoms with Crippen molar-refractivity contribution in [3.05, 3.63) is 81.5 Å². The summed E-state index contributed by atoms with van der Waals surface area (Å²) in [6.07, 6.45) is 0. The molecular formula is C25H20N4O6. The first-order valence-corrected chi connectivity index (χ1v) is 10.5. The van der Waals surface area contributed by atoms with E-state index in [1.54, 1.807) is 82.0 Å². The van der Waals surface area contributed by atoms with Gasteiger partial charge < -0.3 is 23.7 Å². The molecule has 2 aromatic heterocycles. The molecule has 0 saturated heterocycles. The summed E-state index contributed by atoms with van der Waals surface area (Å²) >= 11 is 0. The van der Waals surface area contributed by atoms with Crippen LogP contribution in [0.25, 0.3) is 39.4 Å². The number of ether oxygens (including phenoxy) is 3. The maximum atomic E-state index is 13.1. The predicted molar refractivity (Wildman–Crippen MR) is 129 cm³/mol. The van der Waals surface area contributed by atoms with Crippen LogP contribution >= 0.6 is 0 Å². The summed E-state index contributed by atoms with van der Waals surface area (Å²) in [7, 11) is 4.64. The molecule has 10 nitrogen and oxygen atoms in total. The Labute approximate surface area is 198 Å². The number of hydrogen-bond donors (Lipinski definition) is 1. The van der Waals surface area contributed by atoms with Crippen molar-refractivity contribution < 1.29 is 18.7 Å². The minimum atomic E-state index is -0.568. The van der Waals surface area contributed by atoms with Gasteiger partial charge in [0, 0.05) is 11.1 Å². The molecule has 0 aliphatic heterocycles. The van der Waals surface area contributed by atoms with E-state index in [1.807, 2.05) is 0 Å². The van der Waals surface area contributed by atoms with E-state index in [0.717, 1.165) is 4.57 Å². The van der Waals surface area contributed by atoms with Crippen molar-refractivity contribution in [3.63, 3.8) is 0 Å². The molecule has 0 fully saturated rings. The molecule has 0 radical (unpaired) electrons. The molecule has 0 atom stereocenters. The number of methoxy groups -OCH3 is 3. The van der Waals surface area contributed by atoms with Gasteiger partial charge in [-0.15, -0.1) is 0 Å². The summed E-state index contributed by atoms with van der Waals surface area (Å²) in [4.78, 5) is 33.1. The Morgan fingerprint density at radius 3 is 2.29 bits per heavy atom. The van der Waals surface area contributed by atoms with Gasteiger partial charge in [0.2, 0.25) is 5.82 Å².